The van der Waals surface area contributed by atoms with Crippen LogP contribution in [-0.2, 0) is 10.0 Å². The number of nitrogen functional groups attached to an aromatic ring is 1. The highest BCUT2D eigenvalue weighted by Crippen LogP contribution is 2.20. The topological polar surface area (TPSA) is 94.3 Å². The Labute approximate surface area is 124 Å². The first kappa shape index (κ1) is 15.1. The van der Waals surface area contributed by atoms with Crippen LogP contribution < -0.4 is 15.2 Å². The molecule has 0 atom stereocenters. The molecule has 1 aromatic carbocycles. The zero-order valence-electron chi connectivity index (χ0n) is 11.8. The van der Waals surface area contributed by atoms with E-state index in [4.69, 9.17) is 10.5 Å². The summed E-state index contributed by atoms with van der Waals surface area (Å²) < 4.78 is 32.3. The van der Waals surface area contributed by atoms with Crippen molar-refractivity contribution in [1.82, 2.24) is 4.98 Å². The second kappa shape index (κ2) is 6.01. The van der Waals surface area contributed by atoms with Crippen LogP contribution in [0.5, 0.6) is 5.75 Å². The lowest BCUT2D eigenvalue weighted by atomic mass is 10.3. The highest BCUT2D eigenvalue weighted by Gasteiger charge is 2.14. The number of rotatable bonds is 5. The lowest BCUT2D eigenvalue weighted by Crippen LogP contribution is -2.13. The monoisotopic (exact) mass is 307 g/mol. The Balaban J connectivity index is 2.15. The molecule has 0 fully saturated rings. The van der Waals surface area contributed by atoms with Gasteiger partial charge < -0.3 is 10.5 Å². The van der Waals surface area contributed by atoms with Gasteiger partial charge in [0.1, 0.15) is 16.5 Å². The van der Waals surface area contributed by atoms with Crippen molar-refractivity contribution in [3.63, 3.8) is 0 Å². The Hall–Kier alpha value is -2.28. The van der Waals surface area contributed by atoms with Gasteiger partial charge in [-0.15, -0.1) is 0 Å². The van der Waals surface area contributed by atoms with Gasteiger partial charge in [-0.2, -0.15) is 0 Å². The van der Waals surface area contributed by atoms with E-state index in [0.29, 0.717) is 11.4 Å². The second-order valence-electron chi connectivity index (χ2n) is 4.72. The molecule has 0 aliphatic heterocycles. The van der Waals surface area contributed by atoms with Gasteiger partial charge in [0.25, 0.3) is 10.0 Å². The van der Waals surface area contributed by atoms with E-state index in [0.717, 1.165) is 0 Å². The Bertz CT molecular complexity index is 695. The molecule has 0 unspecified atom stereocenters. The fourth-order valence-corrected chi connectivity index (χ4v) is 2.64. The number of nitrogens with one attached hydrogen (secondary N) is 1. The standard InChI is InChI=1S/C14H17N3O3S/c1-10(2)20-12-5-3-11(4-6-12)17-21(18,19)13-7-8-14(15)16-9-13/h3-10,17H,1-2H3,(H2,15,16). The van der Waals surface area contributed by atoms with E-state index >= 15 is 0 Å². The van der Waals surface area contributed by atoms with Gasteiger partial charge in [-0.3, -0.25) is 4.72 Å². The molecule has 0 saturated carbocycles. The maximum atomic E-state index is 12.2. The molecule has 0 bridgehead atoms. The van der Waals surface area contributed by atoms with Gasteiger partial charge in [0.05, 0.1) is 6.10 Å². The van der Waals surface area contributed by atoms with Crippen LogP contribution in [0.4, 0.5) is 11.5 Å². The van der Waals surface area contributed by atoms with Crippen molar-refractivity contribution in [3.05, 3.63) is 42.6 Å². The summed E-state index contributed by atoms with van der Waals surface area (Å²) in [6.07, 6.45) is 1.28. The fraction of sp³-hybridized carbons (Fsp3) is 0.214. The van der Waals surface area contributed by atoms with Crippen LogP contribution >= 0.6 is 0 Å². The Morgan fingerprint density at radius 3 is 2.33 bits per heavy atom. The van der Waals surface area contributed by atoms with Gasteiger partial charge in [0, 0.05) is 11.9 Å². The molecule has 2 rings (SSSR count). The van der Waals surface area contributed by atoms with E-state index in [2.05, 4.69) is 9.71 Å². The molecule has 0 aliphatic rings. The molecule has 7 heteroatoms. The van der Waals surface area contributed by atoms with E-state index in [1.165, 1.54) is 18.3 Å². The number of pyridine rings is 1. The van der Waals surface area contributed by atoms with Crippen molar-refractivity contribution in [3.8, 4) is 5.75 Å². The average molecular weight is 307 g/mol. The average Bonchev–Trinajstić information content (AvgIpc) is 2.40. The fourth-order valence-electron chi connectivity index (χ4n) is 1.64. The van der Waals surface area contributed by atoms with Crippen molar-refractivity contribution in [2.45, 2.75) is 24.8 Å². The number of sulfonamides is 1. The normalized spacial score (nSPS) is 11.4. The quantitative estimate of drug-likeness (QED) is 0.883. The van der Waals surface area contributed by atoms with Crippen molar-refractivity contribution >= 4 is 21.5 Å². The number of hydrogen-bond acceptors (Lipinski definition) is 5. The predicted octanol–water partition coefficient (Wildman–Crippen LogP) is 2.25. The number of aromatic nitrogens is 1. The van der Waals surface area contributed by atoms with Crippen LogP contribution in [0.2, 0.25) is 0 Å². The molecule has 1 heterocycles. The zero-order valence-corrected chi connectivity index (χ0v) is 12.6. The number of nitrogens with zero attached hydrogens (tertiary/aromatic N) is 1. The first-order chi connectivity index (χ1) is 9.87. The molecule has 2 aromatic rings. The first-order valence-electron chi connectivity index (χ1n) is 6.38. The lowest BCUT2D eigenvalue weighted by molar-refractivity contribution is 0.242. The van der Waals surface area contributed by atoms with Crippen molar-refractivity contribution in [2.75, 3.05) is 10.5 Å². The molecular formula is C14H17N3O3S. The molecule has 3 N–H and O–H groups in total. The van der Waals surface area contributed by atoms with Gasteiger partial charge in [-0.25, -0.2) is 13.4 Å². The summed E-state index contributed by atoms with van der Waals surface area (Å²) in [4.78, 5) is 3.83. The van der Waals surface area contributed by atoms with E-state index < -0.39 is 10.0 Å². The molecular weight excluding hydrogens is 290 g/mol. The van der Waals surface area contributed by atoms with Crippen LogP contribution in [0.1, 0.15) is 13.8 Å². The molecule has 0 amide bonds. The molecule has 1 aromatic heterocycles. The highest BCUT2D eigenvalue weighted by atomic mass is 32.2. The third-order valence-corrected chi connectivity index (χ3v) is 3.91. The smallest absolute Gasteiger partial charge is 0.263 e. The number of benzene rings is 1. The van der Waals surface area contributed by atoms with Crippen LogP contribution in [0.3, 0.4) is 0 Å². The van der Waals surface area contributed by atoms with Gasteiger partial charge in [0.15, 0.2) is 0 Å². The molecule has 21 heavy (non-hydrogen) atoms. The molecule has 0 aliphatic carbocycles. The lowest BCUT2D eigenvalue weighted by Gasteiger charge is -2.11. The SMILES string of the molecule is CC(C)Oc1ccc(NS(=O)(=O)c2ccc(N)nc2)cc1. The largest absolute Gasteiger partial charge is 0.491 e. The van der Waals surface area contributed by atoms with Gasteiger partial charge in [-0.1, -0.05) is 0 Å². The summed E-state index contributed by atoms with van der Waals surface area (Å²) in [6, 6.07) is 9.53. The summed E-state index contributed by atoms with van der Waals surface area (Å²) in [7, 11) is -3.67. The van der Waals surface area contributed by atoms with Crippen molar-refractivity contribution < 1.29 is 13.2 Å². The van der Waals surface area contributed by atoms with Gasteiger partial charge >= 0.3 is 0 Å². The number of anilines is 2. The van der Waals surface area contributed by atoms with E-state index in [1.54, 1.807) is 24.3 Å². The maximum Gasteiger partial charge on any atom is 0.263 e. The molecule has 6 nitrogen and oxygen atoms in total. The summed E-state index contributed by atoms with van der Waals surface area (Å²) in [6.45, 7) is 3.84. The summed E-state index contributed by atoms with van der Waals surface area (Å²) >= 11 is 0. The Kier molecular flexibility index (Phi) is 4.32. The Morgan fingerprint density at radius 1 is 1.14 bits per heavy atom. The van der Waals surface area contributed by atoms with E-state index in [1.807, 2.05) is 13.8 Å². The minimum Gasteiger partial charge on any atom is -0.491 e. The number of ether oxygens (including phenoxy) is 1. The summed E-state index contributed by atoms with van der Waals surface area (Å²) in [5.41, 5.74) is 5.89. The predicted molar refractivity (Wildman–Crippen MR) is 81.7 cm³/mol. The van der Waals surface area contributed by atoms with Crippen LogP contribution in [0.25, 0.3) is 0 Å². The summed E-state index contributed by atoms with van der Waals surface area (Å²) in [5, 5.41) is 0. The molecule has 112 valence electrons. The first-order valence-corrected chi connectivity index (χ1v) is 7.86. The van der Waals surface area contributed by atoms with Crippen LogP contribution in [0, 0.1) is 0 Å². The number of hydrogen-bond donors (Lipinski definition) is 2. The third-order valence-electron chi connectivity index (χ3n) is 2.55. The Morgan fingerprint density at radius 2 is 1.81 bits per heavy atom. The van der Waals surface area contributed by atoms with Gasteiger partial charge in [0.2, 0.25) is 0 Å². The maximum absolute atomic E-state index is 12.2. The summed E-state index contributed by atoms with van der Waals surface area (Å²) in [5.74, 6) is 0.950. The zero-order chi connectivity index (χ0) is 15.5. The van der Waals surface area contributed by atoms with Crippen molar-refractivity contribution in [1.29, 1.82) is 0 Å². The molecule has 0 radical (unpaired) electrons. The molecule has 0 saturated heterocycles. The van der Waals surface area contributed by atoms with Gasteiger partial charge in [-0.05, 0) is 50.2 Å². The van der Waals surface area contributed by atoms with Crippen LogP contribution in [-0.4, -0.2) is 19.5 Å². The minimum absolute atomic E-state index is 0.0548. The molecule has 0 spiro atoms. The second-order valence-corrected chi connectivity index (χ2v) is 6.40. The number of nitrogens with two attached hydrogens (primary N) is 1. The minimum atomic E-state index is -3.67. The third kappa shape index (κ3) is 4.09. The highest BCUT2D eigenvalue weighted by molar-refractivity contribution is 7.92. The van der Waals surface area contributed by atoms with Crippen LogP contribution in [0.15, 0.2) is 47.5 Å². The van der Waals surface area contributed by atoms with Crippen molar-refractivity contribution in [2.24, 2.45) is 0 Å². The van der Waals surface area contributed by atoms with E-state index in [-0.39, 0.29) is 16.8 Å². The van der Waals surface area contributed by atoms with E-state index in [9.17, 15) is 8.42 Å².